The molecule has 0 saturated heterocycles. The van der Waals surface area contributed by atoms with E-state index in [1.165, 1.54) is 14.2 Å². The summed E-state index contributed by atoms with van der Waals surface area (Å²) in [6, 6.07) is 10.1. The van der Waals surface area contributed by atoms with Crippen molar-refractivity contribution in [2.45, 2.75) is 6.10 Å². The van der Waals surface area contributed by atoms with Crippen LogP contribution in [0.25, 0.3) is 0 Å². The summed E-state index contributed by atoms with van der Waals surface area (Å²) in [6.07, 6.45) is -0.866. The summed E-state index contributed by atoms with van der Waals surface area (Å²) >= 11 is 0. The third-order valence-corrected chi connectivity index (χ3v) is 4.05. The van der Waals surface area contributed by atoms with Gasteiger partial charge < -0.3 is 29.4 Å². The summed E-state index contributed by atoms with van der Waals surface area (Å²) in [6.45, 7) is 1.05. The van der Waals surface area contributed by atoms with Gasteiger partial charge in [0.05, 0.1) is 20.3 Å². The zero-order valence-corrected chi connectivity index (χ0v) is 14.7. The first-order chi connectivity index (χ1) is 12.6. The maximum atomic E-state index is 12.3. The number of fused-ring (bicyclic) bond motifs is 1. The number of aliphatic hydroxyl groups excluding tert-OH is 1. The summed E-state index contributed by atoms with van der Waals surface area (Å²) in [5.41, 5.74) is 1.05. The second kappa shape index (κ2) is 7.97. The molecule has 0 bridgehead atoms. The van der Waals surface area contributed by atoms with E-state index in [-0.39, 0.29) is 12.5 Å². The third-order valence-electron chi connectivity index (χ3n) is 4.05. The number of rotatable bonds is 6. The molecule has 7 nitrogen and oxygen atoms in total. The topological polar surface area (TPSA) is 86.3 Å². The number of aliphatic hydroxyl groups is 1. The Morgan fingerprint density at radius 1 is 1.08 bits per heavy atom. The van der Waals surface area contributed by atoms with Gasteiger partial charge in [-0.25, -0.2) is 0 Å². The monoisotopic (exact) mass is 359 g/mol. The molecule has 1 atom stereocenters. The standard InChI is InChI=1S/C19H21NO6/c1-23-15-5-4-13(10-17(15)24-2)19(22)20-11-14(21)12-3-6-16-18(9-12)26-8-7-25-16/h3-6,9-10,14,21H,7-8,11H2,1-2H3,(H,20,22). The Morgan fingerprint density at radius 3 is 2.54 bits per heavy atom. The SMILES string of the molecule is COc1ccc(C(=O)NCC(O)c2ccc3c(c2)OCCO3)cc1OC. The second-order valence-corrected chi connectivity index (χ2v) is 5.70. The summed E-state index contributed by atoms with van der Waals surface area (Å²) in [5, 5.41) is 13.1. The molecule has 1 aliphatic heterocycles. The number of carbonyl (C=O) groups is 1. The molecule has 0 fully saturated rings. The minimum atomic E-state index is -0.866. The van der Waals surface area contributed by atoms with Crippen molar-refractivity contribution in [3.05, 3.63) is 47.5 Å². The molecule has 2 aromatic rings. The van der Waals surface area contributed by atoms with E-state index >= 15 is 0 Å². The normalized spacial score (nSPS) is 13.7. The van der Waals surface area contributed by atoms with Gasteiger partial charge in [0.2, 0.25) is 0 Å². The van der Waals surface area contributed by atoms with E-state index in [1.807, 2.05) is 0 Å². The fraction of sp³-hybridized carbons (Fsp3) is 0.316. The van der Waals surface area contributed by atoms with Gasteiger partial charge >= 0.3 is 0 Å². The molecule has 0 aromatic heterocycles. The predicted molar refractivity (Wildman–Crippen MR) is 94.3 cm³/mol. The van der Waals surface area contributed by atoms with Crippen LogP contribution in [0.4, 0.5) is 0 Å². The number of methoxy groups -OCH3 is 2. The first-order valence-electron chi connectivity index (χ1n) is 8.20. The number of hydrogen-bond acceptors (Lipinski definition) is 6. The van der Waals surface area contributed by atoms with Crippen molar-refractivity contribution in [2.75, 3.05) is 34.0 Å². The number of ether oxygens (including phenoxy) is 4. The molecular formula is C19H21NO6. The van der Waals surface area contributed by atoms with Gasteiger partial charge in [0.25, 0.3) is 5.91 Å². The van der Waals surface area contributed by atoms with Gasteiger partial charge in [-0.05, 0) is 35.9 Å². The van der Waals surface area contributed by atoms with Crippen molar-refractivity contribution < 1.29 is 28.8 Å². The first-order valence-corrected chi connectivity index (χ1v) is 8.20. The fourth-order valence-corrected chi connectivity index (χ4v) is 2.65. The molecule has 26 heavy (non-hydrogen) atoms. The molecule has 0 radical (unpaired) electrons. The third kappa shape index (κ3) is 3.83. The Hall–Kier alpha value is -2.93. The predicted octanol–water partition coefficient (Wildman–Crippen LogP) is 1.94. The van der Waals surface area contributed by atoms with Crippen LogP contribution in [-0.4, -0.2) is 45.0 Å². The van der Waals surface area contributed by atoms with E-state index in [1.54, 1.807) is 36.4 Å². The van der Waals surface area contributed by atoms with Crippen LogP contribution in [0.15, 0.2) is 36.4 Å². The second-order valence-electron chi connectivity index (χ2n) is 5.70. The van der Waals surface area contributed by atoms with Gasteiger partial charge in [0.15, 0.2) is 23.0 Å². The average Bonchev–Trinajstić information content (AvgIpc) is 2.70. The van der Waals surface area contributed by atoms with Crippen LogP contribution in [0.1, 0.15) is 22.0 Å². The molecule has 0 aliphatic carbocycles. The molecular weight excluding hydrogens is 338 g/mol. The smallest absolute Gasteiger partial charge is 0.251 e. The Labute approximate surface area is 151 Å². The highest BCUT2D eigenvalue weighted by Gasteiger charge is 2.17. The van der Waals surface area contributed by atoms with E-state index in [0.29, 0.717) is 47.3 Å². The van der Waals surface area contributed by atoms with Gasteiger partial charge in [-0.1, -0.05) is 6.07 Å². The molecule has 1 heterocycles. The van der Waals surface area contributed by atoms with E-state index in [0.717, 1.165) is 0 Å². The summed E-state index contributed by atoms with van der Waals surface area (Å²) in [7, 11) is 3.03. The van der Waals surface area contributed by atoms with Crippen LogP contribution in [0.5, 0.6) is 23.0 Å². The van der Waals surface area contributed by atoms with Gasteiger partial charge in [-0.3, -0.25) is 4.79 Å². The van der Waals surface area contributed by atoms with Crippen molar-refractivity contribution in [1.29, 1.82) is 0 Å². The van der Waals surface area contributed by atoms with E-state index < -0.39 is 6.10 Å². The lowest BCUT2D eigenvalue weighted by molar-refractivity contribution is 0.0915. The first kappa shape index (κ1) is 17.9. The number of nitrogens with one attached hydrogen (secondary N) is 1. The number of carbonyl (C=O) groups excluding carboxylic acids is 1. The summed E-state index contributed by atoms with van der Waals surface area (Å²) in [4.78, 5) is 12.3. The van der Waals surface area contributed by atoms with E-state index in [2.05, 4.69) is 5.32 Å². The van der Waals surface area contributed by atoms with Crippen molar-refractivity contribution >= 4 is 5.91 Å². The molecule has 0 spiro atoms. The highest BCUT2D eigenvalue weighted by atomic mass is 16.6. The Bertz CT molecular complexity index is 792. The molecule has 1 amide bonds. The van der Waals surface area contributed by atoms with Crippen LogP contribution in [0, 0.1) is 0 Å². The van der Waals surface area contributed by atoms with Crippen molar-refractivity contribution in [3.63, 3.8) is 0 Å². The van der Waals surface area contributed by atoms with Crippen LogP contribution in [-0.2, 0) is 0 Å². The quantitative estimate of drug-likeness (QED) is 0.820. The average molecular weight is 359 g/mol. The maximum Gasteiger partial charge on any atom is 0.251 e. The molecule has 2 N–H and O–H groups in total. The number of amides is 1. The highest BCUT2D eigenvalue weighted by Crippen LogP contribution is 2.32. The number of benzene rings is 2. The molecule has 7 heteroatoms. The van der Waals surface area contributed by atoms with Gasteiger partial charge in [-0.2, -0.15) is 0 Å². The van der Waals surface area contributed by atoms with Crippen molar-refractivity contribution in [1.82, 2.24) is 5.32 Å². The van der Waals surface area contributed by atoms with Gasteiger partial charge in [-0.15, -0.1) is 0 Å². The summed E-state index contributed by atoms with van der Waals surface area (Å²) in [5.74, 6) is 1.94. The molecule has 3 rings (SSSR count). The lowest BCUT2D eigenvalue weighted by atomic mass is 10.1. The fourth-order valence-electron chi connectivity index (χ4n) is 2.65. The minimum Gasteiger partial charge on any atom is -0.493 e. The van der Waals surface area contributed by atoms with E-state index in [9.17, 15) is 9.90 Å². The lowest BCUT2D eigenvalue weighted by Gasteiger charge is -2.20. The number of hydrogen-bond donors (Lipinski definition) is 2. The molecule has 1 aliphatic rings. The Morgan fingerprint density at radius 2 is 1.81 bits per heavy atom. The molecule has 1 unspecified atom stereocenters. The molecule has 0 saturated carbocycles. The van der Waals surface area contributed by atoms with Crippen molar-refractivity contribution in [3.8, 4) is 23.0 Å². The Kier molecular flexibility index (Phi) is 5.48. The lowest BCUT2D eigenvalue weighted by Crippen LogP contribution is -2.28. The van der Waals surface area contributed by atoms with Gasteiger partial charge in [0.1, 0.15) is 13.2 Å². The zero-order chi connectivity index (χ0) is 18.5. The zero-order valence-electron chi connectivity index (χ0n) is 14.7. The largest absolute Gasteiger partial charge is 0.493 e. The minimum absolute atomic E-state index is 0.0623. The van der Waals surface area contributed by atoms with Crippen LogP contribution >= 0.6 is 0 Å². The Balaban J connectivity index is 1.64. The van der Waals surface area contributed by atoms with E-state index in [4.69, 9.17) is 18.9 Å². The van der Waals surface area contributed by atoms with Crippen LogP contribution in [0.2, 0.25) is 0 Å². The maximum absolute atomic E-state index is 12.3. The summed E-state index contributed by atoms with van der Waals surface area (Å²) < 4.78 is 21.3. The van der Waals surface area contributed by atoms with Crippen LogP contribution < -0.4 is 24.3 Å². The molecule has 2 aromatic carbocycles. The van der Waals surface area contributed by atoms with Gasteiger partial charge in [0, 0.05) is 12.1 Å². The molecule has 138 valence electrons. The highest BCUT2D eigenvalue weighted by molar-refractivity contribution is 5.94. The van der Waals surface area contributed by atoms with Crippen LogP contribution in [0.3, 0.4) is 0 Å². The van der Waals surface area contributed by atoms with Crippen molar-refractivity contribution in [2.24, 2.45) is 0 Å².